The summed E-state index contributed by atoms with van der Waals surface area (Å²) in [4.78, 5) is 22.0. The van der Waals surface area contributed by atoms with Crippen molar-refractivity contribution in [2.75, 3.05) is 0 Å². The molecule has 0 aromatic heterocycles. The van der Waals surface area contributed by atoms with Gasteiger partial charge in [-0.15, -0.1) is 0 Å². The van der Waals surface area contributed by atoms with E-state index >= 15 is 0 Å². The number of benzene rings is 3. The molecule has 0 aliphatic heterocycles. The summed E-state index contributed by atoms with van der Waals surface area (Å²) < 4.78 is 20.3. The third kappa shape index (κ3) is 7.33. The molecule has 0 radical (unpaired) electrons. The van der Waals surface area contributed by atoms with E-state index in [2.05, 4.69) is 37.4 Å². The first-order valence-electron chi connectivity index (χ1n) is 10.6. The SMILES string of the molecule is C=CC(=O)OC=COc1ccc(-c2ccc(-c3ccc(OC=COC(=O)C=C)cc3C)cc2)cc1. The lowest BCUT2D eigenvalue weighted by molar-refractivity contribution is -0.133. The van der Waals surface area contributed by atoms with Crippen LogP contribution in [0.1, 0.15) is 5.56 Å². The van der Waals surface area contributed by atoms with Gasteiger partial charge in [-0.1, -0.05) is 55.6 Å². The quantitative estimate of drug-likeness (QED) is 0.192. The Morgan fingerprint density at radius 2 is 1.09 bits per heavy atom. The van der Waals surface area contributed by atoms with E-state index < -0.39 is 11.9 Å². The van der Waals surface area contributed by atoms with Crippen molar-refractivity contribution in [2.24, 2.45) is 0 Å². The molecule has 0 saturated heterocycles. The maximum Gasteiger partial charge on any atom is 0.335 e. The van der Waals surface area contributed by atoms with Crippen molar-refractivity contribution in [3.63, 3.8) is 0 Å². The molecule has 6 heteroatoms. The van der Waals surface area contributed by atoms with Crippen molar-refractivity contribution in [1.82, 2.24) is 0 Å². The van der Waals surface area contributed by atoms with E-state index in [0.717, 1.165) is 46.2 Å². The summed E-state index contributed by atoms with van der Waals surface area (Å²) in [6.45, 7) is 8.64. The second-order valence-corrected chi connectivity index (χ2v) is 7.14. The van der Waals surface area contributed by atoms with Gasteiger partial charge < -0.3 is 18.9 Å². The van der Waals surface area contributed by atoms with Gasteiger partial charge in [0.25, 0.3) is 0 Å². The Morgan fingerprint density at radius 3 is 1.60 bits per heavy atom. The molecule has 0 atom stereocenters. The number of carbonyl (C=O) groups is 2. The molecule has 3 rings (SSSR count). The van der Waals surface area contributed by atoms with Crippen molar-refractivity contribution in [3.8, 4) is 33.8 Å². The molecule has 6 nitrogen and oxygen atoms in total. The normalized spacial score (nSPS) is 10.7. The van der Waals surface area contributed by atoms with Gasteiger partial charge in [-0.05, 0) is 59.0 Å². The van der Waals surface area contributed by atoms with Gasteiger partial charge in [0.15, 0.2) is 0 Å². The maximum atomic E-state index is 11.0. The van der Waals surface area contributed by atoms with Crippen LogP contribution in [0.5, 0.6) is 11.5 Å². The summed E-state index contributed by atoms with van der Waals surface area (Å²) in [6, 6.07) is 21.5. The highest BCUT2D eigenvalue weighted by Crippen LogP contribution is 2.30. The van der Waals surface area contributed by atoms with Crippen LogP contribution in [0.2, 0.25) is 0 Å². The maximum absolute atomic E-state index is 11.0. The molecule has 0 spiro atoms. The lowest BCUT2D eigenvalue weighted by atomic mass is 9.97. The number of ether oxygens (including phenoxy) is 4. The smallest absolute Gasteiger partial charge is 0.335 e. The third-order valence-electron chi connectivity index (χ3n) is 4.80. The summed E-state index contributed by atoms with van der Waals surface area (Å²) >= 11 is 0. The summed E-state index contributed by atoms with van der Waals surface area (Å²) in [6.07, 6.45) is 7.07. The Kier molecular flexibility index (Phi) is 8.79. The Hall–Kier alpha value is -4.84. The minimum Gasteiger partial charge on any atom is -0.462 e. The van der Waals surface area contributed by atoms with Gasteiger partial charge in [-0.3, -0.25) is 0 Å². The molecule has 0 heterocycles. The molecule has 0 aliphatic carbocycles. The van der Waals surface area contributed by atoms with Crippen LogP contribution in [0.15, 0.2) is 117 Å². The Morgan fingerprint density at radius 1 is 0.629 bits per heavy atom. The van der Waals surface area contributed by atoms with Crippen LogP contribution in [0, 0.1) is 6.92 Å². The van der Waals surface area contributed by atoms with Gasteiger partial charge in [-0.25, -0.2) is 9.59 Å². The van der Waals surface area contributed by atoms with Crippen LogP contribution in [-0.2, 0) is 19.1 Å². The lowest BCUT2D eigenvalue weighted by Crippen LogP contribution is -1.93. The van der Waals surface area contributed by atoms with E-state index in [4.69, 9.17) is 18.9 Å². The Balaban J connectivity index is 1.62. The Labute approximate surface area is 204 Å². The number of rotatable bonds is 10. The van der Waals surface area contributed by atoms with Crippen molar-refractivity contribution in [1.29, 1.82) is 0 Å². The van der Waals surface area contributed by atoms with E-state index in [1.54, 1.807) is 0 Å². The van der Waals surface area contributed by atoms with Crippen LogP contribution < -0.4 is 9.47 Å². The van der Waals surface area contributed by atoms with Gasteiger partial charge in [0, 0.05) is 12.2 Å². The number of aryl methyl sites for hydroxylation is 1. The topological polar surface area (TPSA) is 71.1 Å². The molecular weight excluding hydrogens is 444 g/mol. The predicted octanol–water partition coefficient (Wildman–Crippen LogP) is 6.49. The molecule has 0 saturated carbocycles. The fourth-order valence-electron chi connectivity index (χ4n) is 3.10. The number of hydrogen-bond donors (Lipinski definition) is 0. The van der Waals surface area contributed by atoms with Gasteiger partial charge in [-0.2, -0.15) is 0 Å². The summed E-state index contributed by atoms with van der Waals surface area (Å²) in [7, 11) is 0. The molecular formula is C29H24O6. The summed E-state index contributed by atoms with van der Waals surface area (Å²) in [5.41, 5.74) is 5.30. The van der Waals surface area contributed by atoms with Crippen LogP contribution in [0.4, 0.5) is 0 Å². The van der Waals surface area contributed by atoms with E-state index in [9.17, 15) is 9.59 Å². The molecule has 35 heavy (non-hydrogen) atoms. The van der Waals surface area contributed by atoms with Crippen LogP contribution in [-0.4, -0.2) is 11.9 Å². The van der Waals surface area contributed by atoms with Crippen molar-refractivity contribution in [2.45, 2.75) is 6.92 Å². The number of carbonyl (C=O) groups excluding carboxylic acids is 2. The Bertz CT molecular complexity index is 1250. The van der Waals surface area contributed by atoms with Gasteiger partial charge in [0.2, 0.25) is 0 Å². The number of esters is 2. The van der Waals surface area contributed by atoms with Gasteiger partial charge in [0.05, 0.1) is 0 Å². The highest BCUT2D eigenvalue weighted by Gasteiger charge is 2.05. The first-order chi connectivity index (χ1) is 17.0. The first kappa shape index (κ1) is 24.8. The van der Waals surface area contributed by atoms with Crippen LogP contribution >= 0.6 is 0 Å². The minimum absolute atomic E-state index is 0.551. The monoisotopic (exact) mass is 468 g/mol. The van der Waals surface area contributed by atoms with E-state index in [1.165, 1.54) is 18.8 Å². The average molecular weight is 469 g/mol. The molecule has 3 aromatic rings. The van der Waals surface area contributed by atoms with Crippen molar-refractivity contribution in [3.05, 3.63) is 123 Å². The molecule has 176 valence electrons. The number of hydrogen-bond acceptors (Lipinski definition) is 6. The predicted molar refractivity (Wildman–Crippen MR) is 134 cm³/mol. The van der Waals surface area contributed by atoms with E-state index in [0.29, 0.717) is 11.5 Å². The molecule has 0 amide bonds. The fraction of sp³-hybridized carbons (Fsp3) is 0.0345. The van der Waals surface area contributed by atoms with Gasteiger partial charge >= 0.3 is 11.9 Å². The highest BCUT2D eigenvalue weighted by molar-refractivity contribution is 5.82. The van der Waals surface area contributed by atoms with Gasteiger partial charge in [0.1, 0.15) is 36.5 Å². The molecule has 0 aliphatic rings. The molecule has 0 fully saturated rings. The molecule has 0 unspecified atom stereocenters. The van der Waals surface area contributed by atoms with E-state index in [-0.39, 0.29) is 0 Å². The van der Waals surface area contributed by atoms with Crippen LogP contribution in [0.25, 0.3) is 22.3 Å². The summed E-state index contributed by atoms with van der Waals surface area (Å²) in [5, 5.41) is 0. The molecule has 0 bridgehead atoms. The highest BCUT2D eigenvalue weighted by atomic mass is 16.5. The zero-order chi connectivity index (χ0) is 25.0. The average Bonchev–Trinajstić information content (AvgIpc) is 2.89. The molecule has 0 N–H and O–H groups in total. The van der Waals surface area contributed by atoms with Crippen molar-refractivity contribution < 1.29 is 28.5 Å². The van der Waals surface area contributed by atoms with Crippen molar-refractivity contribution >= 4 is 11.9 Å². The fourth-order valence-corrected chi connectivity index (χ4v) is 3.10. The summed E-state index contributed by atoms with van der Waals surface area (Å²) in [5.74, 6) is 0.140. The largest absolute Gasteiger partial charge is 0.462 e. The second-order valence-electron chi connectivity index (χ2n) is 7.14. The zero-order valence-electron chi connectivity index (χ0n) is 19.2. The third-order valence-corrected chi connectivity index (χ3v) is 4.80. The second kappa shape index (κ2) is 12.4. The first-order valence-corrected chi connectivity index (χ1v) is 10.6. The minimum atomic E-state index is -0.552. The zero-order valence-corrected chi connectivity index (χ0v) is 19.2. The molecule has 3 aromatic carbocycles. The standard InChI is InChI=1S/C29H24O6/c1-4-28(30)34-18-16-32-25-12-10-23(11-13-25)22-6-8-24(9-7-22)27-15-14-26(20-21(27)3)33-17-19-35-29(31)5-2/h4-20H,1-2H2,3H3. The van der Waals surface area contributed by atoms with Crippen LogP contribution in [0.3, 0.4) is 0 Å². The van der Waals surface area contributed by atoms with E-state index in [1.807, 2.05) is 49.4 Å². The lowest BCUT2D eigenvalue weighted by Gasteiger charge is -2.10.